The standard InChI is InChI=1S/C29H38N6O5S/c1-20-19-35(13-15-40-20)27-26-21(5-10-33(26)2)17-25(30-27)31-28(37)23-4-3-22(32-41(38,39)16-14-36)18-24(23)34-11-8-29(6-7-29)9-12-34/h3-5,10,17-18,20,32,36H,6-9,11-16,19H2,1-2H3,(H,30,31,37)/t20-/m1/s1. The van der Waals surface area contributed by atoms with E-state index in [-0.39, 0.29) is 12.0 Å². The summed E-state index contributed by atoms with van der Waals surface area (Å²) in [7, 11) is -1.72. The Morgan fingerprint density at radius 3 is 2.61 bits per heavy atom. The molecule has 1 aromatic carbocycles. The molecule has 0 unspecified atom stereocenters. The van der Waals surface area contributed by atoms with Crippen LogP contribution in [0.3, 0.4) is 0 Å². The number of nitrogens with zero attached hydrogens (tertiary/aromatic N) is 4. The molecule has 3 N–H and O–H groups in total. The fourth-order valence-corrected chi connectivity index (χ4v) is 6.90. The number of aromatic nitrogens is 2. The first-order valence-corrected chi connectivity index (χ1v) is 15.9. The maximum atomic E-state index is 13.8. The summed E-state index contributed by atoms with van der Waals surface area (Å²) < 4.78 is 35.0. The number of morpholine rings is 1. The van der Waals surface area contributed by atoms with Crippen molar-refractivity contribution >= 4 is 49.8 Å². The van der Waals surface area contributed by atoms with Gasteiger partial charge >= 0.3 is 0 Å². The third kappa shape index (κ3) is 5.86. The van der Waals surface area contributed by atoms with Crippen LogP contribution < -0.4 is 19.8 Å². The van der Waals surface area contributed by atoms with Gasteiger partial charge in [0.15, 0.2) is 5.82 Å². The lowest BCUT2D eigenvalue weighted by Crippen LogP contribution is -2.41. The summed E-state index contributed by atoms with van der Waals surface area (Å²) in [4.78, 5) is 23.1. The molecular formula is C29H38N6O5S. The van der Waals surface area contributed by atoms with Crippen LogP contribution >= 0.6 is 0 Å². The average molecular weight is 583 g/mol. The number of amides is 1. The first-order valence-electron chi connectivity index (χ1n) is 14.3. The Kier molecular flexibility index (Phi) is 7.33. The summed E-state index contributed by atoms with van der Waals surface area (Å²) in [5, 5.41) is 13.1. The number of carbonyl (C=O) groups is 1. The highest BCUT2D eigenvalue weighted by Crippen LogP contribution is 2.54. The normalized spacial score (nSPS) is 20.4. The number of aliphatic hydroxyl groups is 1. The summed E-state index contributed by atoms with van der Waals surface area (Å²) in [5.74, 6) is 0.562. The van der Waals surface area contributed by atoms with Crippen LogP contribution in [0.15, 0.2) is 36.5 Å². The first-order chi connectivity index (χ1) is 19.7. The second-order valence-electron chi connectivity index (χ2n) is 11.6. The van der Waals surface area contributed by atoms with E-state index in [4.69, 9.17) is 14.8 Å². The van der Waals surface area contributed by atoms with E-state index in [9.17, 15) is 13.2 Å². The van der Waals surface area contributed by atoms with Crippen molar-refractivity contribution in [2.75, 3.05) is 65.0 Å². The molecule has 12 heteroatoms. The zero-order valence-corrected chi connectivity index (χ0v) is 24.4. The predicted octanol–water partition coefficient (Wildman–Crippen LogP) is 3.17. The first kappa shape index (κ1) is 27.8. The minimum atomic E-state index is -3.71. The Morgan fingerprint density at radius 1 is 1.12 bits per heavy atom. The lowest BCUT2D eigenvalue weighted by molar-refractivity contribution is 0.0530. The SMILES string of the molecule is C[C@@H]1CN(c2nc(NC(=O)c3ccc(NS(=O)(=O)CCO)cc3N3CCC4(CC3)CC4)cc3ccn(C)c23)CCO1. The van der Waals surface area contributed by atoms with Gasteiger partial charge in [-0.05, 0) is 68.4 Å². The third-order valence-electron chi connectivity index (χ3n) is 8.61. The van der Waals surface area contributed by atoms with Crippen molar-refractivity contribution in [3.05, 3.63) is 42.1 Å². The van der Waals surface area contributed by atoms with Crippen molar-refractivity contribution in [3.8, 4) is 0 Å². The van der Waals surface area contributed by atoms with E-state index >= 15 is 0 Å². The van der Waals surface area contributed by atoms with E-state index < -0.39 is 22.4 Å². The third-order valence-corrected chi connectivity index (χ3v) is 9.88. The van der Waals surface area contributed by atoms with Crippen LogP contribution in [0.5, 0.6) is 0 Å². The van der Waals surface area contributed by atoms with Gasteiger partial charge in [-0.15, -0.1) is 0 Å². The number of carbonyl (C=O) groups excluding carboxylic acids is 1. The number of ether oxygens (including phenoxy) is 1. The van der Waals surface area contributed by atoms with Crippen LogP contribution in [-0.2, 0) is 21.8 Å². The van der Waals surface area contributed by atoms with Crippen LogP contribution in [0.4, 0.5) is 23.0 Å². The summed E-state index contributed by atoms with van der Waals surface area (Å²) in [6, 6.07) is 8.88. The molecule has 1 amide bonds. The van der Waals surface area contributed by atoms with Crippen molar-refractivity contribution in [1.29, 1.82) is 0 Å². The van der Waals surface area contributed by atoms with Gasteiger partial charge in [0, 0.05) is 44.8 Å². The molecule has 6 rings (SSSR count). The highest BCUT2D eigenvalue weighted by atomic mass is 32.2. The van der Waals surface area contributed by atoms with Gasteiger partial charge < -0.3 is 29.5 Å². The summed E-state index contributed by atoms with van der Waals surface area (Å²) >= 11 is 0. The van der Waals surface area contributed by atoms with Gasteiger partial charge in [0.25, 0.3) is 5.91 Å². The van der Waals surface area contributed by atoms with Gasteiger partial charge in [-0.2, -0.15) is 0 Å². The van der Waals surface area contributed by atoms with Crippen LogP contribution in [0.25, 0.3) is 10.9 Å². The number of sulfonamides is 1. The summed E-state index contributed by atoms with van der Waals surface area (Å²) in [6.07, 6.45) is 6.70. The zero-order valence-electron chi connectivity index (χ0n) is 23.6. The number of anilines is 4. The number of fused-ring (bicyclic) bond motifs is 1. The van der Waals surface area contributed by atoms with Crippen LogP contribution in [0, 0.1) is 5.41 Å². The van der Waals surface area contributed by atoms with Crippen LogP contribution in [0.1, 0.15) is 43.0 Å². The maximum Gasteiger partial charge on any atom is 0.258 e. The van der Waals surface area contributed by atoms with E-state index in [0.717, 1.165) is 42.7 Å². The highest BCUT2D eigenvalue weighted by Gasteiger charge is 2.44. The molecule has 3 fully saturated rings. The second kappa shape index (κ2) is 10.8. The molecule has 220 valence electrons. The van der Waals surface area contributed by atoms with Crippen molar-refractivity contribution in [2.24, 2.45) is 12.5 Å². The van der Waals surface area contributed by atoms with Gasteiger partial charge in [-0.25, -0.2) is 13.4 Å². The van der Waals surface area contributed by atoms with E-state index in [1.807, 2.05) is 36.9 Å². The number of rotatable bonds is 8. The Balaban J connectivity index is 1.31. The zero-order chi connectivity index (χ0) is 28.8. The number of benzene rings is 1. The predicted molar refractivity (Wildman–Crippen MR) is 160 cm³/mol. The molecule has 0 bridgehead atoms. The molecule has 41 heavy (non-hydrogen) atoms. The largest absolute Gasteiger partial charge is 0.395 e. The Bertz CT molecular complexity index is 1560. The molecule has 1 atom stereocenters. The molecule has 3 aromatic rings. The van der Waals surface area contributed by atoms with Gasteiger partial charge in [0.1, 0.15) is 5.82 Å². The van der Waals surface area contributed by atoms with Crippen LogP contribution in [-0.4, -0.2) is 80.2 Å². The quantitative estimate of drug-likeness (QED) is 0.370. The molecule has 2 aromatic heterocycles. The van der Waals surface area contributed by atoms with Gasteiger partial charge in [-0.3, -0.25) is 9.52 Å². The van der Waals surface area contributed by atoms with Crippen molar-refractivity contribution in [3.63, 3.8) is 0 Å². The second-order valence-corrected chi connectivity index (χ2v) is 13.5. The maximum absolute atomic E-state index is 13.8. The Labute approximate surface area is 240 Å². The number of hydrogen-bond donors (Lipinski definition) is 3. The van der Waals surface area contributed by atoms with E-state index in [1.165, 1.54) is 12.8 Å². The summed E-state index contributed by atoms with van der Waals surface area (Å²) in [6.45, 7) is 5.21. The fourth-order valence-electron chi connectivity index (χ4n) is 6.08. The molecule has 1 saturated carbocycles. The van der Waals surface area contributed by atoms with Gasteiger partial charge in [0.2, 0.25) is 10.0 Å². The van der Waals surface area contributed by atoms with Crippen LogP contribution in [0.2, 0.25) is 0 Å². The molecule has 0 radical (unpaired) electrons. The molecule has 2 saturated heterocycles. The summed E-state index contributed by atoms with van der Waals surface area (Å²) in [5.41, 5.74) is 2.95. The lowest BCUT2D eigenvalue weighted by Gasteiger charge is -2.35. The van der Waals surface area contributed by atoms with Gasteiger partial charge in [0.05, 0.1) is 47.5 Å². The molecule has 1 aliphatic carbocycles. The van der Waals surface area contributed by atoms with Crippen molar-refractivity contribution in [1.82, 2.24) is 9.55 Å². The molecule has 1 spiro atoms. The highest BCUT2D eigenvalue weighted by molar-refractivity contribution is 7.92. The minimum Gasteiger partial charge on any atom is -0.395 e. The number of aliphatic hydroxyl groups excluding tert-OH is 1. The van der Waals surface area contributed by atoms with E-state index in [1.54, 1.807) is 18.2 Å². The van der Waals surface area contributed by atoms with E-state index in [0.29, 0.717) is 47.9 Å². The Hall–Kier alpha value is -3.35. The minimum absolute atomic E-state index is 0.0781. The average Bonchev–Trinajstić information content (AvgIpc) is 3.59. The number of pyridine rings is 1. The molecule has 4 heterocycles. The van der Waals surface area contributed by atoms with Crippen molar-refractivity contribution in [2.45, 2.75) is 38.7 Å². The van der Waals surface area contributed by atoms with Gasteiger partial charge in [-0.1, -0.05) is 0 Å². The molecule has 11 nitrogen and oxygen atoms in total. The fraction of sp³-hybridized carbons (Fsp3) is 0.517. The number of nitrogens with one attached hydrogen (secondary N) is 2. The lowest BCUT2D eigenvalue weighted by atomic mass is 9.93. The number of piperidine rings is 1. The number of hydrogen-bond acceptors (Lipinski definition) is 8. The van der Waals surface area contributed by atoms with Crippen molar-refractivity contribution < 1.29 is 23.1 Å². The topological polar surface area (TPSA) is 129 Å². The molecule has 3 aliphatic rings. The van der Waals surface area contributed by atoms with E-state index in [2.05, 4.69) is 19.8 Å². The number of aryl methyl sites for hydroxylation is 1. The molecular weight excluding hydrogens is 544 g/mol. The molecule has 2 aliphatic heterocycles. The monoisotopic (exact) mass is 582 g/mol. The Morgan fingerprint density at radius 2 is 1.90 bits per heavy atom. The smallest absolute Gasteiger partial charge is 0.258 e.